The van der Waals surface area contributed by atoms with E-state index in [-0.39, 0.29) is 5.02 Å². The fourth-order valence-corrected chi connectivity index (χ4v) is 3.58. The first-order valence-corrected chi connectivity index (χ1v) is 9.76. The van der Waals surface area contributed by atoms with Gasteiger partial charge in [-0.2, -0.15) is 0 Å². The fraction of sp³-hybridized carbons (Fsp3) is 0.238. The zero-order chi connectivity index (χ0) is 19.7. The summed E-state index contributed by atoms with van der Waals surface area (Å²) in [4.78, 5) is 8.85. The molecule has 2 aromatic carbocycles. The van der Waals surface area contributed by atoms with Gasteiger partial charge in [-0.05, 0) is 44.0 Å². The number of nitrogens with zero attached hydrogens (tertiary/aromatic N) is 2. The van der Waals surface area contributed by atoms with Crippen LogP contribution in [-0.2, 0) is 0 Å². The van der Waals surface area contributed by atoms with Crippen LogP contribution in [0.1, 0.15) is 31.4 Å². The number of benzene rings is 2. The van der Waals surface area contributed by atoms with Crippen molar-refractivity contribution < 1.29 is 9.13 Å². The largest absolute Gasteiger partial charge is 0.486 e. The Labute approximate surface area is 172 Å². The van der Waals surface area contributed by atoms with Gasteiger partial charge < -0.3 is 10.1 Å². The van der Waals surface area contributed by atoms with Gasteiger partial charge in [0.05, 0.1) is 23.1 Å². The van der Waals surface area contributed by atoms with Crippen LogP contribution in [0.5, 0.6) is 5.75 Å². The van der Waals surface area contributed by atoms with Gasteiger partial charge in [0.1, 0.15) is 17.7 Å². The molecule has 1 fully saturated rings. The van der Waals surface area contributed by atoms with E-state index in [0.717, 1.165) is 11.3 Å². The van der Waals surface area contributed by atoms with Crippen molar-refractivity contribution >= 4 is 28.9 Å². The highest BCUT2D eigenvalue weighted by atomic mass is 35.5. The number of anilines is 1. The van der Waals surface area contributed by atoms with Crippen LogP contribution < -0.4 is 10.1 Å². The third kappa shape index (κ3) is 4.21. The van der Waals surface area contributed by atoms with Crippen LogP contribution in [0.3, 0.4) is 0 Å². The maximum Gasteiger partial charge on any atom is 0.159 e. The minimum atomic E-state index is -0.531. The Bertz CT molecular complexity index is 993. The molecule has 3 aromatic rings. The molecule has 28 heavy (non-hydrogen) atoms. The molecule has 0 radical (unpaired) electrons. The Hall–Kier alpha value is -2.37. The average molecular weight is 418 g/mol. The van der Waals surface area contributed by atoms with Gasteiger partial charge in [-0.15, -0.1) is 0 Å². The van der Waals surface area contributed by atoms with Crippen molar-refractivity contribution in [1.82, 2.24) is 9.97 Å². The van der Waals surface area contributed by atoms with Crippen molar-refractivity contribution in [1.29, 1.82) is 0 Å². The molecule has 1 N–H and O–H groups in total. The van der Waals surface area contributed by atoms with Gasteiger partial charge in [0.2, 0.25) is 0 Å². The van der Waals surface area contributed by atoms with Crippen molar-refractivity contribution in [2.75, 3.05) is 5.32 Å². The molecular formula is C21H18Cl2FN3O. The monoisotopic (exact) mass is 417 g/mol. The first kappa shape index (κ1) is 19.0. The third-order valence-electron chi connectivity index (χ3n) is 4.49. The quantitative estimate of drug-likeness (QED) is 0.477. The predicted octanol–water partition coefficient (Wildman–Crippen LogP) is 6.30. The van der Waals surface area contributed by atoms with Crippen LogP contribution in [0, 0.1) is 5.82 Å². The van der Waals surface area contributed by atoms with E-state index in [2.05, 4.69) is 15.3 Å². The maximum atomic E-state index is 13.8. The molecule has 0 spiro atoms. The van der Waals surface area contributed by atoms with E-state index >= 15 is 0 Å². The molecule has 1 heterocycles. The van der Waals surface area contributed by atoms with Gasteiger partial charge in [-0.25, -0.2) is 14.4 Å². The lowest BCUT2D eigenvalue weighted by molar-refractivity contribution is 0.226. The zero-order valence-electron chi connectivity index (χ0n) is 15.1. The topological polar surface area (TPSA) is 47.0 Å². The van der Waals surface area contributed by atoms with Crippen LogP contribution >= 0.6 is 23.2 Å². The molecule has 1 aromatic heterocycles. The van der Waals surface area contributed by atoms with Gasteiger partial charge >= 0.3 is 0 Å². The lowest BCUT2D eigenvalue weighted by Crippen LogP contribution is -2.06. The second-order valence-electron chi connectivity index (χ2n) is 6.76. The highest BCUT2D eigenvalue weighted by Crippen LogP contribution is 2.35. The van der Waals surface area contributed by atoms with E-state index in [1.807, 2.05) is 24.3 Å². The molecule has 0 amide bonds. The summed E-state index contributed by atoms with van der Waals surface area (Å²) in [5.74, 6) is 0.657. The molecule has 0 bridgehead atoms. The SMILES string of the molecule is CC(Oc1cccc(-c2ncc(NC3CC3)cn2)c1)c1c(Cl)ccc(F)c1Cl. The van der Waals surface area contributed by atoms with E-state index in [1.165, 1.54) is 25.0 Å². The minimum absolute atomic E-state index is 0.0294. The second-order valence-corrected chi connectivity index (χ2v) is 7.54. The smallest absolute Gasteiger partial charge is 0.159 e. The van der Waals surface area contributed by atoms with Crippen molar-refractivity contribution in [2.45, 2.75) is 31.9 Å². The number of aromatic nitrogens is 2. The Morgan fingerprint density at radius 3 is 2.61 bits per heavy atom. The fourth-order valence-electron chi connectivity index (χ4n) is 2.90. The first-order valence-electron chi connectivity index (χ1n) is 9.00. The van der Waals surface area contributed by atoms with Crippen molar-refractivity contribution in [3.63, 3.8) is 0 Å². The maximum absolute atomic E-state index is 13.8. The number of ether oxygens (including phenoxy) is 1. The summed E-state index contributed by atoms with van der Waals surface area (Å²) in [5, 5.41) is 3.69. The summed E-state index contributed by atoms with van der Waals surface area (Å²) in [6.45, 7) is 1.77. The van der Waals surface area contributed by atoms with E-state index in [4.69, 9.17) is 27.9 Å². The van der Waals surface area contributed by atoms with Gasteiger partial charge in [0, 0.05) is 22.2 Å². The van der Waals surface area contributed by atoms with E-state index in [9.17, 15) is 4.39 Å². The summed E-state index contributed by atoms with van der Waals surface area (Å²) in [6, 6.07) is 10.7. The summed E-state index contributed by atoms with van der Waals surface area (Å²) in [7, 11) is 0. The molecule has 1 saturated carbocycles. The summed E-state index contributed by atoms with van der Waals surface area (Å²) < 4.78 is 19.8. The van der Waals surface area contributed by atoms with Crippen LogP contribution in [0.25, 0.3) is 11.4 Å². The first-order chi connectivity index (χ1) is 13.5. The molecule has 144 valence electrons. The molecule has 4 rings (SSSR count). The van der Waals surface area contributed by atoms with Crippen LogP contribution in [-0.4, -0.2) is 16.0 Å². The molecule has 1 unspecified atom stereocenters. The molecule has 1 aliphatic rings. The lowest BCUT2D eigenvalue weighted by atomic mass is 10.1. The minimum Gasteiger partial charge on any atom is -0.486 e. The van der Waals surface area contributed by atoms with Crippen molar-refractivity contribution in [2.24, 2.45) is 0 Å². The molecule has 7 heteroatoms. The standard InChI is InChI=1S/C21H18Cl2FN3O/c1-12(19-17(22)7-8-18(24)20(19)23)28-16-4-2-3-13(9-16)21-25-10-15(11-26-21)27-14-5-6-14/h2-4,7-12,14,27H,5-6H2,1H3. The number of hydrogen-bond acceptors (Lipinski definition) is 4. The molecular weight excluding hydrogens is 400 g/mol. The lowest BCUT2D eigenvalue weighted by Gasteiger charge is -2.18. The van der Waals surface area contributed by atoms with Crippen molar-refractivity contribution in [3.8, 4) is 17.1 Å². The molecule has 1 aliphatic carbocycles. The molecule has 0 aliphatic heterocycles. The molecule has 1 atom stereocenters. The van der Waals surface area contributed by atoms with Gasteiger partial charge in [0.15, 0.2) is 5.82 Å². The summed E-state index contributed by atoms with van der Waals surface area (Å²) in [5.41, 5.74) is 2.15. The second kappa shape index (κ2) is 7.94. The van der Waals surface area contributed by atoms with Crippen LogP contribution in [0.2, 0.25) is 10.0 Å². The van der Waals surface area contributed by atoms with Gasteiger partial charge in [-0.3, -0.25) is 0 Å². The third-order valence-corrected chi connectivity index (χ3v) is 5.20. The molecule has 0 saturated heterocycles. The average Bonchev–Trinajstić information content (AvgIpc) is 3.50. The van der Waals surface area contributed by atoms with Crippen molar-refractivity contribution in [3.05, 3.63) is 70.2 Å². The van der Waals surface area contributed by atoms with E-state index < -0.39 is 11.9 Å². The highest BCUT2D eigenvalue weighted by Gasteiger charge is 2.21. The Kier molecular flexibility index (Phi) is 5.38. The van der Waals surface area contributed by atoms with Crippen LogP contribution in [0.4, 0.5) is 10.1 Å². The van der Waals surface area contributed by atoms with E-state index in [1.54, 1.807) is 19.3 Å². The Morgan fingerprint density at radius 2 is 1.89 bits per heavy atom. The normalized spacial score (nSPS) is 14.6. The predicted molar refractivity (Wildman–Crippen MR) is 110 cm³/mol. The number of halogens is 3. The molecule has 4 nitrogen and oxygen atoms in total. The van der Waals surface area contributed by atoms with E-state index in [0.29, 0.717) is 28.2 Å². The Balaban J connectivity index is 1.53. The number of hydrogen-bond donors (Lipinski definition) is 1. The zero-order valence-corrected chi connectivity index (χ0v) is 16.6. The highest BCUT2D eigenvalue weighted by molar-refractivity contribution is 6.36. The summed E-state index contributed by atoms with van der Waals surface area (Å²) >= 11 is 12.3. The summed E-state index contributed by atoms with van der Waals surface area (Å²) in [6.07, 6.45) is 5.42. The van der Waals surface area contributed by atoms with Crippen LogP contribution in [0.15, 0.2) is 48.8 Å². The number of nitrogens with one attached hydrogen (secondary N) is 1. The Morgan fingerprint density at radius 1 is 1.14 bits per heavy atom. The number of rotatable bonds is 6. The van der Waals surface area contributed by atoms with Gasteiger partial charge in [-0.1, -0.05) is 35.3 Å². The van der Waals surface area contributed by atoms with Gasteiger partial charge in [0.25, 0.3) is 0 Å².